The van der Waals surface area contributed by atoms with Gasteiger partial charge >= 0.3 is 12.0 Å². The fourth-order valence-corrected chi connectivity index (χ4v) is 2.63. The van der Waals surface area contributed by atoms with E-state index in [1.54, 1.807) is 11.1 Å². The maximum Gasteiger partial charge on any atom is 0.326 e. The minimum atomic E-state index is -1.05. The molecule has 0 aliphatic carbocycles. The lowest BCUT2D eigenvalue weighted by molar-refractivity contribution is -0.139. The highest BCUT2D eigenvalue weighted by Crippen LogP contribution is 2.22. The molecule has 2 heterocycles. The van der Waals surface area contributed by atoms with E-state index in [1.807, 2.05) is 6.92 Å². The van der Waals surface area contributed by atoms with Crippen LogP contribution in [0.15, 0.2) is 12.5 Å². The fourth-order valence-electron chi connectivity index (χ4n) is 2.63. The highest BCUT2D eigenvalue weighted by molar-refractivity contribution is 5.83. The van der Waals surface area contributed by atoms with Crippen LogP contribution in [0.5, 0.6) is 0 Å². The van der Waals surface area contributed by atoms with Crippen LogP contribution in [0.2, 0.25) is 0 Å². The second-order valence-electron chi connectivity index (χ2n) is 5.46. The molecule has 0 bridgehead atoms. The van der Waals surface area contributed by atoms with E-state index in [2.05, 4.69) is 22.2 Å². The van der Waals surface area contributed by atoms with Crippen molar-refractivity contribution in [1.29, 1.82) is 0 Å². The Kier molecular flexibility index (Phi) is 4.26. The Morgan fingerprint density at radius 3 is 2.85 bits per heavy atom. The van der Waals surface area contributed by atoms with Gasteiger partial charge in [-0.3, -0.25) is 0 Å². The number of H-pyrrole nitrogens is 1. The van der Waals surface area contributed by atoms with Crippen LogP contribution in [0, 0.1) is 5.92 Å². The van der Waals surface area contributed by atoms with Crippen LogP contribution in [0.1, 0.15) is 26.0 Å². The molecule has 1 aliphatic heterocycles. The van der Waals surface area contributed by atoms with Crippen molar-refractivity contribution in [2.45, 2.75) is 38.8 Å². The summed E-state index contributed by atoms with van der Waals surface area (Å²) in [7, 11) is 0. The van der Waals surface area contributed by atoms with Gasteiger partial charge in [0, 0.05) is 30.9 Å². The lowest BCUT2D eigenvalue weighted by Crippen LogP contribution is -2.49. The summed E-state index contributed by atoms with van der Waals surface area (Å²) >= 11 is 0. The lowest BCUT2D eigenvalue weighted by Gasteiger charge is -2.24. The van der Waals surface area contributed by atoms with Crippen LogP contribution in [-0.2, 0) is 11.2 Å². The average Bonchev–Trinajstić information content (AvgIpc) is 2.97. The molecule has 1 aliphatic rings. The number of imidazole rings is 1. The third-order valence-electron chi connectivity index (χ3n) is 3.62. The Morgan fingerprint density at radius 1 is 1.60 bits per heavy atom. The maximum absolute atomic E-state index is 12.2. The molecule has 7 heteroatoms. The van der Waals surface area contributed by atoms with E-state index in [0.717, 1.165) is 6.42 Å². The van der Waals surface area contributed by atoms with E-state index in [9.17, 15) is 14.7 Å². The molecule has 0 spiro atoms. The first kappa shape index (κ1) is 14.4. The number of carboxylic acids is 1. The molecule has 110 valence electrons. The van der Waals surface area contributed by atoms with Crippen LogP contribution in [0.25, 0.3) is 0 Å². The maximum atomic E-state index is 12.2. The van der Waals surface area contributed by atoms with Crippen molar-refractivity contribution in [3.05, 3.63) is 18.2 Å². The molecule has 2 amide bonds. The number of likely N-dealkylation sites (tertiary alicyclic amines) is 1. The predicted molar refractivity (Wildman–Crippen MR) is 72.2 cm³/mol. The first-order valence-corrected chi connectivity index (χ1v) is 6.74. The molecule has 0 saturated carbocycles. The number of carbonyl (C=O) groups is 2. The number of nitrogens with one attached hydrogen (secondary N) is 2. The van der Waals surface area contributed by atoms with E-state index >= 15 is 0 Å². The third kappa shape index (κ3) is 3.28. The molecule has 2 unspecified atom stereocenters. The highest BCUT2D eigenvalue weighted by atomic mass is 16.4. The van der Waals surface area contributed by atoms with Crippen LogP contribution < -0.4 is 5.32 Å². The van der Waals surface area contributed by atoms with Gasteiger partial charge in [0.1, 0.15) is 6.04 Å². The number of aliphatic carboxylic acids is 1. The number of aromatic nitrogens is 2. The van der Waals surface area contributed by atoms with Crippen LogP contribution >= 0.6 is 0 Å². The molecular weight excluding hydrogens is 260 g/mol. The van der Waals surface area contributed by atoms with Crippen LogP contribution in [0.4, 0.5) is 4.79 Å². The van der Waals surface area contributed by atoms with Gasteiger partial charge in [0.25, 0.3) is 0 Å². The molecule has 1 aromatic heterocycles. The summed E-state index contributed by atoms with van der Waals surface area (Å²) in [5.41, 5.74) is 0.681. The summed E-state index contributed by atoms with van der Waals surface area (Å²) in [5.74, 6) is -0.598. The van der Waals surface area contributed by atoms with Gasteiger partial charge < -0.3 is 20.3 Å². The number of hydrogen-bond acceptors (Lipinski definition) is 3. The van der Waals surface area contributed by atoms with E-state index in [4.69, 9.17) is 0 Å². The van der Waals surface area contributed by atoms with Crippen molar-refractivity contribution >= 4 is 12.0 Å². The summed E-state index contributed by atoms with van der Waals surface area (Å²) in [4.78, 5) is 31.8. The van der Waals surface area contributed by atoms with Gasteiger partial charge in [-0.1, -0.05) is 6.92 Å². The van der Waals surface area contributed by atoms with Crippen molar-refractivity contribution in [3.8, 4) is 0 Å². The predicted octanol–water partition coefficient (Wildman–Crippen LogP) is 0.845. The van der Waals surface area contributed by atoms with Gasteiger partial charge in [-0.25, -0.2) is 14.6 Å². The van der Waals surface area contributed by atoms with Crippen molar-refractivity contribution in [2.75, 3.05) is 6.54 Å². The number of rotatable bonds is 4. The zero-order chi connectivity index (χ0) is 14.7. The number of hydrogen-bond donors (Lipinski definition) is 3. The molecule has 3 N–H and O–H groups in total. The van der Waals surface area contributed by atoms with Gasteiger partial charge in [0.2, 0.25) is 0 Å². The molecule has 3 atom stereocenters. The summed E-state index contributed by atoms with van der Waals surface area (Å²) in [6, 6.07) is -1.12. The van der Waals surface area contributed by atoms with Gasteiger partial charge in [0.05, 0.1) is 6.33 Å². The summed E-state index contributed by atoms with van der Waals surface area (Å²) in [6.45, 7) is 4.74. The molecule has 0 aromatic carbocycles. The molecule has 1 aromatic rings. The Morgan fingerprint density at radius 2 is 2.35 bits per heavy atom. The van der Waals surface area contributed by atoms with Crippen molar-refractivity contribution in [3.63, 3.8) is 0 Å². The van der Waals surface area contributed by atoms with Crippen LogP contribution in [-0.4, -0.2) is 50.6 Å². The molecule has 20 heavy (non-hydrogen) atoms. The topological polar surface area (TPSA) is 98.3 Å². The van der Waals surface area contributed by atoms with E-state index < -0.39 is 12.0 Å². The number of urea groups is 1. The van der Waals surface area contributed by atoms with E-state index in [1.165, 1.54) is 6.33 Å². The monoisotopic (exact) mass is 280 g/mol. The second kappa shape index (κ2) is 5.94. The van der Waals surface area contributed by atoms with Crippen LogP contribution in [0.3, 0.4) is 0 Å². The van der Waals surface area contributed by atoms with Crippen molar-refractivity contribution in [1.82, 2.24) is 20.2 Å². The average molecular weight is 280 g/mol. The Labute approximate surface area is 117 Å². The Hall–Kier alpha value is -2.05. The quantitative estimate of drug-likeness (QED) is 0.761. The Bertz CT molecular complexity index is 474. The number of carboxylic acid groups (broad SMARTS) is 1. The Balaban J connectivity index is 1.97. The first-order valence-electron chi connectivity index (χ1n) is 6.74. The number of nitrogens with zero attached hydrogens (tertiary/aromatic N) is 2. The molecular formula is C13H20N4O3. The highest BCUT2D eigenvalue weighted by Gasteiger charge is 2.32. The van der Waals surface area contributed by atoms with Gasteiger partial charge in [-0.15, -0.1) is 0 Å². The molecule has 7 nitrogen and oxygen atoms in total. The van der Waals surface area contributed by atoms with Gasteiger partial charge in [0.15, 0.2) is 0 Å². The SMILES string of the molecule is CC1CC(C)N(C(=O)N[C@H](Cc2cnc[nH]2)C(=O)O)C1. The molecule has 1 fully saturated rings. The van der Waals surface area contributed by atoms with Crippen molar-refractivity contribution in [2.24, 2.45) is 5.92 Å². The number of amides is 2. The second-order valence-corrected chi connectivity index (χ2v) is 5.46. The van der Waals surface area contributed by atoms with E-state index in [0.29, 0.717) is 18.2 Å². The smallest absolute Gasteiger partial charge is 0.326 e. The van der Waals surface area contributed by atoms with E-state index in [-0.39, 0.29) is 18.5 Å². The fraction of sp³-hybridized carbons (Fsp3) is 0.615. The summed E-state index contributed by atoms with van der Waals surface area (Å²) in [6.07, 6.45) is 4.19. The minimum Gasteiger partial charge on any atom is -0.480 e. The molecule has 1 saturated heterocycles. The molecule has 2 rings (SSSR count). The largest absolute Gasteiger partial charge is 0.480 e. The van der Waals surface area contributed by atoms with Crippen molar-refractivity contribution < 1.29 is 14.7 Å². The zero-order valence-electron chi connectivity index (χ0n) is 11.7. The zero-order valence-corrected chi connectivity index (χ0v) is 11.7. The standard InChI is InChI=1S/C13H20N4O3/c1-8-3-9(2)17(6-8)13(20)16-11(12(18)19)4-10-5-14-7-15-10/h5,7-9,11H,3-4,6H2,1-2H3,(H,14,15)(H,16,20)(H,18,19)/t8?,9?,11-/m1/s1. The molecule has 0 radical (unpaired) electrons. The third-order valence-corrected chi connectivity index (χ3v) is 3.62. The van der Waals surface area contributed by atoms with Gasteiger partial charge in [-0.2, -0.15) is 0 Å². The number of carbonyl (C=O) groups excluding carboxylic acids is 1. The normalized spacial score (nSPS) is 23.6. The summed E-state index contributed by atoms with van der Waals surface area (Å²) < 4.78 is 0. The number of aromatic amines is 1. The first-order chi connectivity index (χ1) is 9.47. The van der Waals surface area contributed by atoms with Gasteiger partial charge in [-0.05, 0) is 19.3 Å². The summed E-state index contributed by atoms with van der Waals surface area (Å²) in [5, 5.41) is 11.8. The lowest BCUT2D eigenvalue weighted by atomic mass is 10.1. The minimum absolute atomic E-state index is 0.145.